The quantitative estimate of drug-likeness (QED) is 0.727. The van der Waals surface area contributed by atoms with Crippen LogP contribution in [-0.4, -0.2) is 20.5 Å². The van der Waals surface area contributed by atoms with Crippen molar-refractivity contribution in [1.29, 1.82) is 0 Å². The molecule has 0 unspecified atom stereocenters. The summed E-state index contributed by atoms with van der Waals surface area (Å²) in [4.78, 5) is 0. The Kier molecular flexibility index (Phi) is 2.30. The third kappa shape index (κ3) is 2.39. The van der Waals surface area contributed by atoms with Crippen LogP contribution in [0.3, 0.4) is 0 Å². The summed E-state index contributed by atoms with van der Waals surface area (Å²) in [6.45, 7) is 3.77. The summed E-state index contributed by atoms with van der Waals surface area (Å²) in [5.41, 5.74) is 5.09. The lowest BCUT2D eigenvalue weighted by Gasteiger charge is -2.16. The first kappa shape index (κ1) is 9.35. The zero-order valence-corrected chi connectivity index (χ0v) is 7.84. The van der Waals surface area contributed by atoms with Crippen LogP contribution in [0.2, 0.25) is 5.15 Å². The molecule has 1 heterocycles. The van der Waals surface area contributed by atoms with Gasteiger partial charge in [0.05, 0.1) is 17.8 Å². The monoisotopic (exact) mass is 189 g/mol. The van der Waals surface area contributed by atoms with E-state index in [2.05, 4.69) is 5.10 Å². The summed E-state index contributed by atoms with van der Waals surface area (Å²) in [6, 6.07) is 0. The fourth-order valence-corrected chi connectivity index (χ4v) is 1.04. The van der Waals surface area contributed by atoms with E-state index in [0.29, 0.717) is 12.2 Å². The minimum absolute atomic E-state index is 0.277. The van der Waals surface area contributed by atoms with E-state index in [9.17, 15) is 5.11 Å². The molecule has 68 valence electrons. The summed E-state index contributed by atoms with van der Waals surface area (Å²) in [7, 11) is 0. The highest BCUT2D eigenvalue weighted by molar-refractivity contribution is 6.31. The molecule has 1 aromatic heterocycles. The van der Waals surface area contributed by atoms with Gasteiger partial charge in [-0.05, 0) is 13.8 Å². The Bertz CT molecular complexity index is 257. The van der Waals surface area contributed by atoms with Gasteiger partial charge in [0, 0.05) is 6.20 Å². The normalized spacial score (nSPS) is 12.0. The topological polar surface area (TPSA) is 64.1 Å². The highest BCUT2D eigenvalue weighted by Crippen LogP contribution is 2.16. The summed E-state index contributed by atoms with van der Waals surface area (Å²) in [5, 5.41) is 13.6. The van der Waals surface area contributed by atoms with Gasteiger partial charge in [-0.2, -0.15) is 5.10 Å². The number of hydrogen-bond donors (Lipinski definition) is 2. The summed E-state index contributed by atoms with van der Waals surface area (Å²) >= 11 is 5.62. The van der Waals surface area contributed by atoms with Crippen molar-refractivity contribution >= 4 is 17.3 Å². The van der Waals surface area contributed by atoms with E-state index >= 15 is 0 Å². The first-order valence-electron chi connectivity index (χ1n) is 3.59. The second-order valence-electron chi connectivity index (χ2n) is 3.39. The van der Waals surface area contributed by atoms with Crippen molar-refractivity contribution in [2.75, 3.05) is 5.73 Å². The SMILES string of the molecule is CC(C)(O)Cn1cc(N)c(Cl)n1. The van der Waals surface area contributed by atoms with Crippen molar-refractivity contribution < 1.29 is 5.11 Å². The molecule has 5 heteroatoms. The molecule has 0 saturated heterocycles. The van der Waals surface area contributed by atoms with Crippen LogP contribution in [0.5, 0.6) is 0 Å². The molecule has 0 aliphatic rings. The Hall–Kier alpha value is -0.740. The van der Waals surface area contributed by atoms with Crippen LogP contribution in [0.25, 0.3) is 0 Å². The number of nitrogens with two attached hydrogens (primary N) is 1. The third-order valence-corrected chi connectivity index (χ3v) is 1.59. The lowest BCUT2D eigenvalue weighted by molar-refractivity contribution is 0.0578. The molecule has 12 heavy (non-hydrogen) atoms. The van der Waals surface area contributed by atoms with E-state index in [0.717, 1.165) is 0 Å². The van der Waals surface area contributed by atoms with Gasteiger partial charge in [-0.25, -0.2) is 0 Å². The molecule has 0 saturated carbocycles. The Morgan fingerprint density at radius 3 is 2.67 bits per heavy atom. The van der Waals surface area contributed by atoms with Gasteiger partial charge in [0.25, 0.3) is 0 Å². The molecule has 0 amide bonds. The van der Waals surface area contributed by atoms with Crippen molar-refractivity contribution in [2.24, 2.45) is 0 Å². The first-order valence-corrected chi connectivity index (χ1v) is 3.97. The van der Waals surface area contributed by atoms with Crippen molar-refractivity contribution in [1.82, 2.24) is 9.78 Å². The molecule has 0 aromatic carbocycles. The minimum Gasteiger partial charge on any atom is -0.395 e. The number of nitrogen functional groups attached to an aromatic ring is 1. The van der Waals surface area contributed by atoms with E-state index in [-0.39, 0.29) is 5.15 Å². The Balaban J connectivity index is 2.77. The van der Waals surface area contributed by atoms with Crippen LogP contribution in [-0.2, 0) is 6.54 Å². The first-order chi connectivity index (χ1) is 5.38. The standard InChI is InChI=1S/C7H12ClN3O/c1-7(2,12)4-11-3-5(9)6(8)10-11/h3,12H,4,9H2,1-2H3. The van der Waals surface area contributed by atoms with Crippen LogP contribution < -0.4 is 5.73 Å². The van der Waals surface area contributed by atoms with Gasteiger partial charge in [0.2, 0.25) is 0 Å². The molecule has 1 aromatic rings. The number of aliphatic hydroxyl groups is 1. The lowest BCUT2D eigenvalue weighted by Crippen LogP contribution is -2.26. The molecular weight excluding hydrogens is 178 g/mol. The van der Waals surface area contributed by atoms with Gasteiger partial charge < -0.3 is 10.8 Å². The number of hydrogen-bond acceptors (Lipinski definition) is 3. The molecular formula is C7H12ClN3O. The number of anilines is 1. The van der Waals surface area contributed by atoms with E-state index in [1.807, 2.05) is 0 Å². The number of aromatic nitrogens is 2. The Morgan fingerprint density at radius 2 is 2.33 bits per heavy atom. The van der Waals surface area contributed by atoms with Crippen LogP contribution in [0, 0.1) is 0 Å². The highest BCUT2D eigenvalue weighted by Gasteiger charge is 2.14. The van der Waals surface area contributed by atoms with Gasteiger partial charge in [0.15, 0.2) is 5.15 Å². The van der Waals surface area contributed by atoms with Crippen LogP contribution in [0.4, 0.5) is 5.69 Å². The van der Waals surface area contributed by atoms with Gasteiger partial charge in [-0.15, -0.1) is 0 Å². The zero-order chi connectivity index (χ0) is 9.35. The summed E-state index contributed by atoms with van der Waals surface area (Å²) < 4.78 is 1.53. The van der Waals surface area contributed by atoms with E-state index in [1.165, 1.54) is 4.68 Å². The second-order valence-corrected chi connectivity index (χ2v) is 3.74. The van der Waals surface area contributed by atoms with Crippen LogP contribution >= 0.6 is 11.6 Å². The number of halogens is 1. The summed E-state index contributed by atoms with van der Waals surface area (Å²) in [6.07, 6.45) is 1.60. The predicted molar refractivity (Wildman–Crippen MR) is 47.9 cm³/mol. The molecule has 0 aliphatic heterocycles. The number of rotatable bonds is 2. The molecule has 4 nitrogen and oxygen atoms in total. The largest absolute Gasteiger partial charge is 0.395 e. The Labute approximate surface area is 75.9 Å². The molecule has 0 aliphatic carbocycles. The number of nitrogens with zero attached hydrogens (tertiary/aromatic N) is 2. The third-order valence-electron chi connectivity index (χ3n) is 1.29. The van der Waals surface area contributed by atoms with Gasteiger partial charge in [0.1, 0.15) is 0 Å². The van der Waals surface area contributed by atoms with Crippen LogP contribution in [0.15, 0.2) is 6.20 Å². The summed E-state index contributed by atoms with van der Waals surface area (Å²) in [5.74, 6) is 0. The minimum atomic E-state index is -0.804. The fourth-order valence-electron chi connectivity index (χ4n) is 0.891. The molecule has 0 spiro atoms. The molecule has 3 N–H and O–H groups in total. The lowest BCUT2D eigenvalue weighted by atomic mass is 10.1. The smallest absolute Gasteiger partial charge is 0.173 e. The maximum Gasteiger partial charge on any atom is 0.173 e. The van der Waals surface area contributed by atoms with Crippen molar-refractivity contribution in [3.63, 3.8) is 0 Å². The van der Waals surface area contributed by atoms with Crippen molar-refractivity contribution in [3.8, 4) is 0 Å². The van der Waals surface area contributed by atoms with E-state index < -0.39 is 5.60 Å². The zero-order valence-electron chi connectivity index (χ0n) is 7.08. The maximum atomic E-state index is 9.43. The molecule has 1 rings (SSSR count). The van der Waals surface area contributed by atoms with Gasteiger partial charge in [-0.3, -0.25) is 4.68 Å². The highest BCUT2D eigenvalue weighted by atomic mass is 35.5. The maximum absolute atomic E-state index is 9.43. The van der Waals surface area contributed by atoms with Gasteiger partial charge in [-0.1, -0.05) is 11.6 Å². The molecule has 0 bridgehead atoms. The van der Waals surface area contributed by atoms with E-state index in [4.69, 9.17) is 17.3 Å². The Morgan fingerprint density at radius 1 is 1.75 bits per heavy atom. The second kappa shape index (κ2) is 2.95. The predicted octanol–water partition coefficient (Wildman–Crippen LogP) is 0.890. The van der Waals surface area contributed by atoms with Crippen molar-refractivity contribution in [2.45, 2.75) is 26.0 Å². The molecule has 0 radical (unpaired) electrons. The van der Waals surface area contributed by atoms with Crippen LogP contribution in [0.1, 0.15) is 13.8 Å². The average molecular weight is 190 g/mol. The fraction of sp³-hybridized carbons (Fsp3) is 0.571. The van der Waals surface area contributed by atoms with Crippen molar-refractivity contribution in [3.05, 3.63) is 11.3 Å². The molecule has 0 atom stereocenters. The van der Waals surface area contributed by atoms with Gasteiger partial charge >= 0.3 is 0 Å². The molecule has 0 fully saturated rings. The average Bonchev–Trinajstić information content (AvgIpc) is 2.07. The van der Waals surface area contributed by atoms with E-state index in [1.54, 1.807) is 20.0 Å².